The SMILES string of the molecule is COc1cc([N+](=O)[O-])ccc1NC(=O)C(=O)N1CCCC(C)C1. The van der Waals surface area contributed by atoms with Gasteiger partial charge in [0.1, 0.15) is 5.75 Å². The van der Waals surface area contributed by atoms with E-state index in [1.807, 2.05) is 6.92 Å². The van der Waals surface area contributed by atoms with E-state index in [2.05, 4.69) is 5.32 Å². The Morgan fingerprint density at radius 3 is 2.78 bits per heavy atom. The number of benzene rings is 1. The van der Waals surface area contributed by atoms with Gasteiger partial charge in [-0.2, -0.15) is 0 Å². The fraction of sp³-hybridized carbons (Fsp3) is 0.467. The van der Waals surface area contributed by atoms with Gasteiger partial charge in [0.05, 0.1) is 23.8 Å². The normalized spacial score (nSPS) is 17.5. The summed E-state index contributed by atoms with van der Waals surface area (Å²) in [5.41, 5.74) is 0.0672. The van der Waals surface area contributed by atoms with Gasteiger partial charge in [0.2, 0.25) is 0 Å². The molecule has 0 aromatic heterocycles. The summed E-state index contributed by atoms with van der Waals surface area (Å²) < 4.78 is 5.04. The van der Waals surface area contributed by atoms with Crippen molar-refractivity contribution in [1.82, 2.24) is 4.90 Å². The molecule has 0 aliphatic carbocycles. The Balaban J connectivity index is 2.10. The molecule has 2 rings (SSSR count). The minimum atomic E-state index is -0.772. The van der Waals surface area contributed by atoms with E-state index in [1.54, 1.807) is 0 Å². The summed E-state index contributed by atoms with van der Waals surface area (Å²) in [5, 5.41) is 13.2. The van der Waals surface area contributed by atoms with Gasteiger partial charge in [-0.1, -0.05) is 6.92 Å². The molecular formula is C15H19N3O5. The van der Waals surface area contributed by atoms with Crippen LogP contribution in [0.4, 0.5) is 11.4 Å². The van der Waals surface area contributed by atoms with Crippen LogP contribution in [-0.4, -0.2) is 41.8 Å². The standard InChI is InChI=1S/C15H19N3O5/c1-10-4-3-7-17(9-10)15(20)14(19)16-12-6-5-11(18(21)22)8-13(12)23-2/h5-6,8,10H,3-4,7,9H2,1-2H3,(H,16,19). The zero-order valence-corrected chi connectivity index (χ0v) is 13.1. The number of ether oxygens (including phenoxy) is 1. The highest BCUT2D eigenvalue weighted by molar-refractivity contribution is 6.39. The Bertz CT molecular complexity index is 632. The van der Waals surface area contributed by atoms with E-state index in [0.717, 1.165) is 12.8 Å². The number of amides is 2. The molecule has 1 atom stereocenters. The average Bonchev–Trinajstić information content (AvgIpc) is 2.54. The molecule has 1 aromatic rings. The fourth-order valence-corrected chi connectivity index (χ4v) is 2.59. The first-order chi connectivity index (χ1) is 10.9. The molecule has 0 saturated carbocycles. The van der Waals surface area contributed by atoms with Crippen molar-refractivity contribution in [3.8, 4) is 5.75 Å². The summed E-state index contributed by atoms with van der Waals surface area (Å²) in [6, 6.07) is 3.79. The second kappa shape index (κ2) is 7.08. The van der Waals surface area contributed by atoms with Crippen LogP contribution in [0.15, 0.2) is 18.2 Å². The molecule has 8 nitrogen and oxygen atoms in total. The van der Waals surface area contributed by atoms with Crippen molar-refractivity contribution in [2.75, 3.05) is 25.5 Å². The molecular weight excluding hydrogens is 302 g/mol. The molecule has 1 saturated heterocycles. The monoisotopic (exact) mass is 321 g/mol. The smallest absolute Gasteiger partial charge is 0.314 e. The molecule has 2 amide bonds. The van der Waals surface area contributed by atoms with Crippen molar-refractivity contribution >= 4 is 23.2 Å². The number of carbonyl (C=O) groups excluding carboxylic acids is 2. The summed E-state index contributed by atoms with van der Waals surface area (Å²) in [7, 11) is 1.34. The number of nitrogens with one attached hydrogen (secondary N) is 1. The molecule has 1 unspecified atom stereocenters. The molecule has 0 radical (unpaired) electrons. The lowest BCUT2D eigenvalue weighted by Crippen LogP contribution is -2.44. The number of hydrogen-bond donors (Lipinski definition) is 1. The maximum absolute atomic E-state index is 12.2. The van der Waals surface area contributed by atoms with Crippen LogP contribution in [0.25, 0.3) is 0 Å². The maximum atomic E-state index is 12.2. The third-order valence-corrected chi connectivity index (χ3v) is 3.78. The number of non-ortho nitro benzene ring substituents is 1. The first kappa shape index (κ1) is 16.7. The molecule has 0 spiro atoms. The first-order valence-corrected chi connectivity index (χ1v) is 7.35. The zero-order valence-electron chi connectivity index (χ0n) is 13.1. The summed E-state index contributed by atoms with van der Waals surface area (Å²) in [5.74, 6) is -0.870. The Labute approximate surface area is 133 Å². The highest BCUT2D eigenvalue weighted by Crippen LogP contribution is 2.29. The number of likely N-dealkylation sites (tertiary alicyclic amines) is 1. The maximum Gasteiger partial charge on any atom is 0.314 e. The van der Waals surface area contributed by atoms with E-state index < -0.39 is 16.7 Å². The van der Waals surface area contributed by atoms with Gasteiger partial charge in [0.25, 0.3) is 5.69 Å². The molecule has 124 valence electrons. The summed E-state index contributed by atoms with van der Waals surface area (Å²) in [4.78, 5) is 36.0. The molecule has 8 heteroatoms. The van der Waals surface area contributed by atoms with Gasteiger partial charge < -0.3 is 15.0 Å². The van der Waals surface area contributed by atoms with Crippen molar-refractivity contribution in [2.45, 2.75) is 19.8 Å². The number of nitro benzene ring substituents is 1. The van der Waals surface area contributed by atoms with E-state index in [1.165, 1.54) is 30.2 Å². The third-order valence-electron chi connectivity index (χ3n) is 3.78. The summed E-state index contributed by atoms with van der Waals surface area (Å²) in [6.07, 6.45) is 1.92. The minimum Gasteiger partial charge on any atom is -0.494 e. The Morgan fingerprint density at radius 2 is 2.17 bits per heavy atom. The number of anilines is 1. The highest BCUT2D eigenvalue weighted by Gasteiger charge is 2.27. The number of piperidine rings is 1. The van der Waals surface area contributed by atoms with Crippen LogP contribution in [0, 0.1) is 16.0 Å². The summed E-state index contributed by atoms with van der Waals surface area (Å²) >= 11 is 0. The van der Waals surface area contributed by atoms with Gasteiger partial charge in [-0.25, -0.2) is 0 Å². The van der Waals surface area contributed by atoms with E-state index in [4.69, 9.17) is 4.74 Å². The van der Waals surface area contributed by atoms with Crippen molar-refractivity contribution in [2.24, 2.45) is 5.92 Å². The Kier molecular flexibility index (Phi) is 5.15. The molecule has 1 aromatic carbocycles. The number of carbonyl (C=O) groups is 2. The van der Waals surface area contributed by atoms with Crippen LogP contribution in [0.2, 0.25) is 0 Å². The van der Waals surface area contributed by atoms with Crippen LogP contribution < -0.4 is 10.1 Å². The van der Waals surface area contributed by atoms with E-state index in [0.29, 0.717) is 19.0 Å². The van der Waals surface area contributed by atoms with Crippen LogP contribution >= 0.6 is 0 Å². The topological polar surface area (TPSA) is 102 Å². The Morgan fingerprint density at radius 1 is 1.43 bits per heavy atom. The number of nitro groups is 1. The Hall–Kier alpha value is -2.64. The van der Waals surface area contributed by atoms with Crippen LogP contribution in [-0.2, 0) is 9.59 Å². The van der Waals surface area contributed by atoms with Crippen molar-refractivity contribution in [3.05, 3.63) is 28.3 Å². The van der Waals surface area contributed by atoms with Crippen molar-refractivity contribution in [1.29, 1.82) is 0 Å². The molecule has 1 N–H and O–H groups in total. The average molecular weight is 321 g/mol. The van der Waals surface area contributed by atoms with Crippen molar-refractivity contribution < 1.29 is 19.2 Å². The highest BCUT2D eigenvalue weighted by atomic mass is 16.6. The lowest BCUT2D eigenvalue weighted by molar-refractivity contribution is -0.384. The van der Waals surface area contributed by atoms with Crippen LogP contribution in [0.1, 0.15) is 19.8 Å². The van der Waals surface area contributed by atoms with Gasteiger partial charge >= 0.3 is 11.8 Å². The molecule has 1 heterocycles. The van der Waals surface area contributed by atoms with Crippen LogP contribution in [0.5, 0.6) is 5.75 Å². The van der Waals surface area contributed by atoms with E-state index in [-0.39, 0.29) is 17.1 Å². The first-order valence-electron chi connectivity index (χ1n) is 7.35. The molecule has 0 bridgehead atoms. The molecule has 23 heavy (non-hydrogen) atoms. The molecule has 1 fully saturated rings. The van der Waals surface area contributed by atoms with Gasteiger partial charge in [0, 0.05) is 19.2 Å². The van der Waals surface area contributed by atoms with E-state index in [9.17, 15) is 19.7 Å². The third kappa shape index (κ3) is 3.97. The fourth-order valence-electron chi connectivity index (χ4n) is 2.59. The van der Waals surface area contributed by atoms with Gasteiger partial charge in [-0.05, 0) is 24.8 Å². The number of methoxy groups -OCH3 is 1. The lowest BCUT2D eigenvalue weighted by Gasteiger charge is -2.30. The van der Waals surface area contributed by atoms with Gasteiger partial charge in [-0.3, -0.25) is 19.7 Å². The largest absolute Gasteiger partial charge is 0.494 e. The predicted octanol–water partition coefficient (Wildman–Crippen LogP) is 1.80. The van der Waals surface area contributed by atoms with Gasteiger partial charge in [-0.15, -0.1) is 0 Å². The van der Waals surface area contributed by atoms with Crippen LogP contribution in [0.3, 0.4) is 0 Å². The van der Waals surface area contributed by atoms with Gasteiger partial charge in [0.15, 0.2) is 0 Å². The van der Waals surface area contributed by atoms with Crippen molar-refractivity contribution in [3.63, 3.8) is 0 Å². The lowest BCUT2D eigenvalue weighted by atomic mass is 10.0. The van der Waals surface area contributed by atoms with E-state index >= 15 is 0 Å². The minimum absolute atomic E-state index is 0.132. The predicted molar refractivity (Wildman–Crippen MR) is 83.3 cm³/mol. The number of hydrogen-bond acceptors (Lipinski definition) is 5. The second-order valence-electron chi connectivity index (χ2n) is 5.59. The molecule has 1 aliphatic rings. The summed E-state index contributed by atoms with van der Waals surface area (Å²) in [6.45, 7) is 3.16. The number of rotatable bonds is 3. The zero-order chi connectivity index (χ0) is 17.0. The number of nitrogens with zero attached hydrogens (tertiary/aromatic N) is 2. The molecule has 1 aliphatic heterocycles. The quantitative estimate of drug-likeness (QED) is 0.519. The second-order valence-corrected chi connectivity index (χ2v) is 5.59.